The smallest absolute Gasteiger partial charge is 0.416 e. The van der Waals surface area contributed by atoms with Gasteiger partial charge in [0.05, 0.1) is 29.6 Å². The molecule has 0 radical (unpaired) electrons. The van der Waals surface area contributed by atoms with Crippen molar-refractivity contribution in [2.75, 3.05) is 17.7 Å². The highest BCUT2D eigenvalue weighted by atomic mass is 19.4. The average molecular weight is 442 g/mol. The maximum Gasteiger partial charge on any atom is 0.416 e. The van der Waals surface area contributed by atoms with Gasteiger partial charge in [-0.05, 0) is 42.7 Å². The number of benzene rings is 2. The molecule has 9 heteroatoms. The second-order valence-electron chi connectivity index (χ2n) is 7.68. The number of nitrogens with zero attached hydrogens (tertiary/aromatic N) is 2. The minimum Gasteiger partial charge on any atom is -0.495 e. The first-order valence-corrected chi connectivity index (χ1v) is 10.0. The van der Waals surface area contributed by atoms with Crippen molar-refractivity contribution in [3.8, 4) is 5.75 Å². The fourth-order valence-corrected chi connectivity index (χ4v) is 3.69. The number of hydrogen-bond acceptors (Lipinski definition) is 6. The topological polar surface area (TPSA) is 76.1 Å². The van der Waals surface area contributed by atoms with Crippen molar-refractivity contribution in [2.45, 2.75) is 25.9 Å². The highest BCUT2D eigenvalue weighted by Crippen LogP contribution is 2.35. The van der Waals surface area contributed by atoms with Crippen LogP contribution >= 0.6 is 0 Å². The molecule has 1 aliphatic rings. The average Bonchev–Trinajstić information content (AvgIpc) is 2.73. The van der Waals surface area contributed by atoms with Gasteiger partial charge < -0.3 is 15.4 Å². The molecule has 4 rings (SSSR count). The predicted molar refractivity (Wildman–Crippen MR) is 115 cm³/mol. The van der Waals surface area contributed by atoms with E-state index in [0.29, 0.717) is 35.5 Å². The number of fused-ring (bicyclic) bond motifs is 1. The molecule has 0 saturated carbocycles. The van der Waals surface area contributed by atoms with Gasteiger partial charge in [0.1, 0.15) is 11.6 Å². The van der Waals surface area contributed by atoms with E-state index < -0.39 is 11.7 Å². The number of carbonyl (C=O) groups is 1. The summed E-state index contributed by atoms with van der Waals surface area (Å²) in [6.07, 6.45) is -3.60. The van der Waals surface area contributed by atoms with Gasteiger partial charge in [0, 0.05) is 12.1 Å². The van der Waals surface area contributed by atoms with E-state index in [1.807, 2.05) is 19.1 Å². The van der Waals surface area contributed by atoms with E-state index in [0.717, 1.165) is 12.1 Å². The molecule has 3 aromatic rings. The van der Waals surface area contributed by atoms with Crippen molar-refractivity contribution in [3.63, 3.8) is 0 Å². The number of methoxy groups -OCH3 is 1. The van der Waals surface area contributed by atoms with Crippen molar-refractivity contribution in [1.29, 1.82) is 0 Å². The zero-order valence-electron chi connectivity index (χ0n) is 17.5. The molecule has 0 fully saturated rings. The van der Waals surface area contributed by atoms with Crippen LogP contribution in [0.3, 0.4) is 0 Å². The van der Waals surface area contributed by atoms with Crippen molar-refractivity contribution < 1.29 is 22.7 Å². The Morgan fingerprint density at radius 1 is 1.03 bits per heavy atom. The highest BCUT2D eigenvalue weighted by Gasteiger charge is 2.31. The predicted octanol–water partition coefficient (Wildman–Crippen LogP) is 5.76. The number of alkyl halides is 3. The molecule has 166 valence electrons. The summed E-state index contributed by atoms with van der Waals surface area (Å²) in [6, 6.07) is 12.0. The minimum atomic E-state index is -4.48. The van der Waals surface area contributed by atoms with Crippen LogP contribution < -0.4 is 15.4 Å². The molecule has 1 heterocycles. The van der Waals surface area contributed by atoms with Gasteiger partial charge in [0.15, 0.2) is 5.78 Å². The summed E-state index contributed by atoms with van der Waals surface area (Å²) in [6.45, 7) is 1.95. The first-order valence-electron chi connectivity index (χ1n) is 10.0. The molecule has 2 aromatic carbocycles. The van der Waals surface area contributed by atoms with Gasteiger partial charge in [0.2, 0.25) is 5.95 Å². The molecule has 0 aliphatic heterocycles. The third-order valence-electron chi connectivity index (χ3n) is 5.14. The number of aromatic nitrogens is 2. The van der Waals surface area contributed by atoms with Crippen LogP contribution in [-0.4, -0.2) is 22.9 Å². The SMILES string of the molecule is COc1ccccc1Nc1nc2c(c(Nc3cccc(C(F)(F)F)c3)n1)C(=O)CC(C)C2. The lowest BCUT2D eigenvalue weighted by molar-refractivity contribution is -0.137. The Kier molecular flexibility index (Phi) is 5.73. The van der Waals surface area contributed by atoms with E-state index in [1.165, 1.54) is 19.2 Å². The molecular weight excluding hydrogens is 421 g/mol. The molecule has 0 spiro atoms. The fourth-order valence-electron chi connectivity index (χ4n) is 3.69. The summed E-state index contributed by atoms with van der Waals surface area (Å²) >= 11 is 0. The third kappa shape index (κ3) is 4.51. The van der Waals surface area contributed by atoms with E-state index >= 15 is 0 Å². The number of Topliss-reactive ketones (excluding diaryl/α,β-unsaturated/α-hetero) is 1. The van der Waals surface area contributed by atoms with Crippen LogP contribution in [0.4, 0.5) is 36.3 Å². The lowest BCUT2D eigenvalue weighted by Crippen LogP contribution is -2.22. The molecule has 2 N–H and O–H groups in total. The molecule has 0 amide bonds. The Morgan fingerprint density at radius 2 is 1.81 bits per heavy atom. The maximum absolute atomic E-state index is 13.1. The number of ketones is 1. The van der Waals surface area contributed by atoms with Crippen LogP contribution in [-0.2, 0) is 12.6 Å². The normalized spacial score (nSPS) is 15.8. The molecule has 1 aromatic heterocycles. The number of hydrogen-bond donors (Lipinski definition) is 2. The van der Waals surface area contributed by atoms with Crippen LogP contribution in [0, 0.1) is 5.92 Å². The Hall–Kier alpha value is -3.62. The zero-order valence-corrected chi connectivity index (χ0v) is 17.5. The largest absolute Gasteiger partial charge is 0.495 e. The quantitative estimate of drug-likeness (QED) is 0.524. The Labute approximate surface area is 182 Å². The molecule has 1 unspecified atom stereocenters. The minimum absolute atomic E-state index is 0.102. The number of rotatable bonds is 5. The Bertz CT molecular complexity index is 1160. The van der Waals surface area contributed by atoms with E-state index in [9.17, 15) is 18.0 Å². The summed E-state index contributed by atoms with van der Waals surface area (Å²) in [7, 11) is 1.54. The molecular formula is C23H21F3N4O2. The number of anilines is 4. The Balaban J connectivity index is 1.76. The second-order valence-corrected chi connectivity index (χ2v) is 7.68. The number of halogens is 3. The molecule has 0 saturated heterocycles. The van der Waals surface area contributed by atoms with E-state index in [2.05, 4.69) is 20.6 Å². The summed E-state index contributed by atoms with van der Waals surface area (Å²) in [4.78, 5) is 21.7. The molecule has 32 heavy (non-hydrogen) atoms. The second kappa shape index (κ2) is 8.49. The highest BCUT2D eigenvalue weighted by molar-refractivity contribution is 6.03. The number of para-hydroxylation sites is 2. The van der Waals surface area contributed by atoms with Crippen LogP contribution in [0.25, 0.3) is 0 Å². The first kappa shape index (κ1) is 21.6. The van der Waals surface area contributed by atoms with Crippen LogP contribution in [0.5, 0.6) is 5.75 Å². The van der Waals surface area contributed by atoms with Gasteiger partial charge in [-0.2, -0.15) is 18.2 Å². The summed E-state index contributed by atoms with van der Waals surface area (Å²) < 4.78 is 44.7. The van der Waals surface area contributed by atoms with Gasteiger partial charge >= 0.3 is 6.18 Å². The summed E-state index contributed by atoms with van der Waals surface area (Å²) in [5.41, 5.74) is 0.866. The van der Waals surface area contributed by atoms with Gasteiger partial charge in [-0.1, -0.05) is 25.1 Å². The molecule has 1 atom stereocenters. The van der Waals surface area contributed by atoms with Crippen LogP contribution in [0.1, 0.15) is 35.0 Å². The van der Waals surface area contributed by atoms with E-state index in [-0.39, 0.29) is 29.2 Å². The maximum atomic E-state index is 13.1. The van der Waals surface area contributed by atoms with Crippen molar-refractivity contribution in [3.05, 3.63) is 65.4 Å². The number of carbonyl (C=O) groups excluding carboxylic acids is 1. The molecule has 1 aliphatic carbocycles. The van der Waals surface area contributed by atoms with Gasteiger partial charge in [-0.15, -0.1) is 0 Å². The lowest BCUT2D eigenvalue weighted by Gasteiger charge is -2.23. The monoisotopic (exact) mass is 442 g/mol. The van der Waals surface area contributed by atoms with Crippen LogP contribution in [0.2, 0.25) is 0 Å². The lowest BCUT2D eigenvalue weighted by atomic mass is 9.87. The molecule has 0 bridgehead atoms. The first-order chi connectivity index (χ1) is 15.2. The number of ether oxygens (including phenoxy) is 1. The van der Waals surface area contributed by atoms with Crippen molar-refractivity contribution in [2.24, 2.45) is 5.92 Å². The van der Waals surface area contributed by atoms with Gasteiger partial charge in [0.25, 0.3) is 0 Å². The van der Waals surface area contributed by atoms with Crippen LogP contribution in [0.15, 0.2) is 48.5 Å². The van der Waals surface area contributed by atoms with E-state index in [4.69, 9.17) is 4.74 Å². The number of nitrogens with one attached hydrogen (secondary N) is 2. The Morgan fingerprint density at radius 3 is 2.56 bits per heavy atom. The third-order valence-corrected chi connectivity index (χ3v) is 5.14. The summed E-state index contributed by atoms with van der Waals surface area (Å²) in [5, 5.41) is 5.99. The fraction of sp³-hybridized carbons (Fsp3) is 0.261. The standard InChI is InChI=1S/C23H21F3N4O2/c1-13-10-17-20(18(31)11-13)21(27-15-7-5-6-14(12-15)23(24,25)26)30-22(29-17)28-16-8-3-4-9-19(16)32-2/h3-9,12-13H,10-11H2,1-2H3,(H2,27,28,29,30). The van der Waals surface area contributed by atoms with Crippen molar-refractivity contribution in [1.82, 2.24) is 9.97 Å². The van der Waals surface area contributed by atoms with Gasteiger partial charge in [-0.3, -0.25) is 4.79 Å². The van der Waals surface area contributed by atoms with Crippen molar-refractivity contribution >= 4 is 28.9 Å². The van der Waals surface area contributed by atoms with E-state index in [1.54, 1.807) is 12.1 Å². The zero-order chi connectivity index (χ0) is 22.9. The van der Waals surface area contributed by atoms with Gasteiger partial charge in [-0.25, -0.2) is 4.98 Å². The molecule has 6 nitrogen and oxygen atoms in total. The summed E-state index contributed by atoms with van der Waals surface area (Å²) in [5.74, 6) is 0.918.